The van der Waals surface area contributed by atoms with Crippen LogP contribution in [-0.4, -0.2) is 35.1 Å². The molecule has 0 amide bonds. The largest absolute Gasteiger partial charge is 0.399 e. The lowest BCUT2D eigenvalue weighted by atomic mass is 9.95. The van der Waals surface area contributed by atoms with Gasteiger partial charge in [-0.1, -0.05) is 22.4 Å². The fourth-order valence-electron chi connectivity index (χ4n) is 3.29. The predicted molar refractivity (Wildman–Crippen MR) is 111 cm³/mol. The molecule has 2 heterocycles. The van der Waals surface area contributed by atoms with E-state index >= 15 is 0 Å². The second-order valence-electron chi connectivity index (χ2n) is 7.00. The first-order valence-corrected chi connectivity index (χ1v) is 9.87. The third-order valence-corrected chi connectivity index (χ3v) is 4.82. The lowest BCUT2D eigenvalue weighted by Crippen LogP contribution is -2.09. The Balaban J connectivity index is 1.49. The van der Waals surface area contributed by atoms with Crippen LogP contribution in [0.4, 0.5) is 0 Å². The summed E-state index contributed by atoms with van der Waals surface area (Å²) in [5.41, 5.74) is 6.92. The molecule has 2 aromatic heterocycles. The van der Waals surface area contributed by atoms with E-state index in [1.165, 1.54) is 31.2 Å². The number of hydrogen-bond acceptors (Lipinski definition) is 6. The Morgan fingerprint density at radius 1 is 0.964 bits per heavy atom. The quantitative estimate of drug-likeness (QED) is 0.393. The van der Waals surface area contributed by atoms with E-state index in [1.54, 1.807) is 0 Å². The highest BCUT2D eigenvalue weighted by atomic mass is 16.6. The molecule has 0 radical (unpaired) electrons. The molecule has 0 saturated heterocycles. The predicted octanol–water partition coefficient (Wildman–Crippen LogP) is 4.10. The summed E-state index contributed by atoms with van der Waals surface area (Å²) in [6.07, 6.45) is 6.35. The lowest BCUT2D eigenvalue weighted by molar-refractivity contribution is 0.141. The fraction of sp³-hybridized carbons (Fsp3) is 0.455. The van der Waals surface area contributed by atoms with Gasteiger partial charge in [-0.2, -0.15) is 0 Å². The molecule has 1 aliphatic rings. The number of hydrogen-bond donors (Lipinski definition) is 0. The van der Waals surface area contributed by atoms with Crippen LogP contribution in [0.25, 0.3) is 0 Å². The van der Waals surface area contributed by atoms with Gasteiger partial charge in [-0.3, -0.25) is 9.97 Å². The van der Waals surface area contributed by atoms with Gasteiger partial charge in [0.1, 0.15) is 25.1 Å². The molecule has 0 fully saturated rings. The van der Waals surface area contributed by atoms with Gasteiger partial charge >= 0.3 is 0 Å². The summed E-state index contributed by atoms with van der Waals surface area (Å²) in [5, 5.41) is 8.17. The number of aromatic nitrogens is 2. The third kappa shape index (κ3) is 5.38. The third-order valence-electron chi connectivity index (χ3n) is 4.82. The zero-order valence-corrected chi connectivity index (χ0v) is 16.9. The maximum absolute atomic E-state index is 5.51. The Labute approximate surface area is 166 Å². The number of nitrogens with zero attached hydrogens (tertiary/aromatic N) is 4. The number of aryl methyl sites for hydroxylation is 3. The Morgan fingerprint density at radius 2 is 1.75 bits per heavy atom. The first kappa shape index (κ1) is 20.0. The van der Waals surface area contributed by atoms with Gasteiger partial charge in [0.15, 0.2) is 0 Å². The smallest absolute Gasteiger partial charge is 0.117 e. The van der Waals surface area contributed by atoms with Crippen LogP contribution in [0.3, 0.4) is 0 Å². The van der Waals surface area contributed by atoms with E-state index in [4.69, 9.17) is 14.7 Å². The van der Waals surface area contributed by atoms with E-state index in [9.17, 15) is 0 Å². The van der Waals surface area contributed by atoms with E-state index in [1.807, 2.05) is 38.1 Å². The standard InChI is InChI=1S/C22H28N4O2/c1-16(25-27-3)20-12-6-9-19(23-20)10-7-15-28-26-17(2)21-14-13-18-8-4-5-11-22(18)24-21/h6,9,12-14H,4-5,7-8,10-11,15H2,1-3H3. The second-order valence-corrected chi connectivity index (χ2v) is 7.00. The zero-order valence-electron chi connectivity index (χ0n) is 16.9. The Hall–Kier alpha value is -2.76. The Kier molecular flexibility index (Phi) is 7.12. The summed E-state index contributed by atoms with van der Waals surface area (Å²) in [4.78, 5) is 19.7. The molecule has 6 heteroatoms. The SMILES string of the molecule is CON=C(C)c1cccc(CCCON=C(C)c2ccc3c(n2)CCCC3)n1. The molecule has 148 valence electrons. The molecule has 0 aliphatic heterocycles. The van der Waals surface area contributed by atoms with Crippen molar-refractivity contribution in [1.82, 2.24) is 9.97 Å². The van der Waals surface area contributed by atoms with E-state index in [2.05, 4.69) is 21.4 Å². The van der Waals surface area contributed by atoms with Crippen LogP contribution in [-0.2, 0) is 28.9 Å². The van der Waals surface area contributed by atoms with Gasteiger partial charge in [0.05, 0.1) is 11.4 Å². The van der Waals surface area contributed by atoms with Gasteiger partial charge in [0, 0.05) is 11.4 Å². The van der Waals surface area contributed by atoms with Gasteiger partial charge in [0.2, 0.25) is 0 Å². The maximum Gasteiger partial charge on any atom is 0.117 e. The van der Waals surface area contributed by atoms with E-state index in [0.717, 1.165) is 54.2 Å². The molecular weight excluding hydrogens is 352 g/mol. The van der Waals surface area contributed by atoms with Crippen LogP contribution >= 0.6 is 0 Å². The minimum Gasteiger partial charge on any atom is -0.399 e. The normalized spacial score (nSPS) is 14.5. The maximum atomic E-state index is 5.51. The summed E-state index contributed by atoms with van der Waals surface area (Å²) in [5.74, 6) is 0. The van der Waals surface area contributed by atoms with Crippen molar-refractivity contribution in [3.8, 4) is 0 Å². The fourth-order valence-corrected chi connectivity index (χ4v) is 3.29. The zero-order chi connectivity index (χ0) is 19.8. The first-order valence-electron chi connectivity index (χ1n) is 9.87. The van der Waals surface area contributed by atoms with Gasteiger partial charge in [0.25, 0.3) is 0 Å². The average Bonchev–Trinajstić information content (AvgIpc) is 2.73. The number of rotatable bonds is 8. The molecule has 0 N–H and O–H groups in total. The molecule has 0 bridgehead atoms. The van der Waals surface area contributed by atoms with Crippen molar-refractivity contribution < 1.29 is 9.68 Å². The minimum absolute atomic E-state index is 0.541. The van der Waals surface area contributed by atoms with E-state index in [-0.39, 0.29) is 0 Å². The topological polar surface area (TPSA) is 69.0 Å². The van der Waals surface area contributed by atoms with Crippen LogP contribution in [0.2, 0.25) is 0 Å². The number of pyridine rings is 2. The molecule has 6 nitrogen and oxygen atoms in total. The molecule has 0 saturated carbocycles. The van der Waals surface area contributed by atoms with E-state index < -0.39 is 0 Å². The van der Waals surface area contributed by atoms with E-state index in [0.29, 0.717) is 6.61 Å². The molecule has 0 unspecified atom stereocenters. The number of fused-ring (bicyclic) bond motifs is 1. The highest BCUT2D eigenvalue weighted by Crippen LogP contribution is 2.19. The Morgan fingerprint density at radius 3 is 2.61 bits per heavy atom. The highest BCUT2D eigenvalue weighted by molar-refractivity contribution is 5.97. The van der Waals surface area contributed by atoms with Crippen molar-refractivity contribution in [3.63, 3.8) is 0 Å². The van der Waals surface area contributed by atoms with Crippen molar-refractivity contribution in [3.05, 3.63) is 58.7 Å². The second kappa shape index (κ2) is 9.97. The summed E-state index contributed by atoms with van der Waals surface area (Å²) in [6, 6.07) is 10.2. The molecule has 1 aliphatic carbocycles. The first-order chi connectivity index (χ1) is 13.7. The van der Waals surface area contributed by atoms with Gasteiger partial charge in [-0.15, -0.1) is 0 Å². The molecule has 3 rings (SSSR count). The Bertz CT molecular complexity index is 861. The molecule has 28 heavy (non-hydrogen) atoms. The lowest BCUT2D eigenvalue weighted by Gasteiger charge is -2.15. The summed E-state index contributed by atoms with van der Waals surface area (Å²) >= 11 is 0. The van der Waals surface area contributed by atoms with Crippen molar-refractivity contribution in [1.29, 1.82) is 0 Å². The molecule has 0 aromatic carbocycles. The summed E-state index contributed by atoms with van der Waals surface area (Å²) in [7, 11) is 1.53. The van der Waals surface area contributed by atoms with Crippen molar-refractivity contribution >= 4 is 11.4 Å². The van der Waals surface area contributed by atoms with Crippen LogP contribution in [0.1, 0.15) is 61.4 Å². The van der Waals surface area contributed by atoms with Crippen molar-refractivity contribution in [2.24, 2.45) is 10.3 Å². The minimum atomic E-state index is 0.541. The van der Waals surface area contributed by atoms with Crippen LogP contribution < -0.4 is 0 Å². The van der Waals surface area contributed by atoms with Crippen LogP contribution in [0.15, 0.2) is 40.6 Å². The van der Waals surface area contributed by atoms with Crippen molar-refractivity contribution in [2.45, 2.75) is 52.4 Å². The van der Waals surface area contributed by atoms with Crippen LogP contribution in [0.5, 0.6) is 0 Å². The monoisotopic (exact) mass is 380 g/mol. The molecule has 0 atom stereocenters. The number of oxime groups is 2. The highest BCUT2D eigenvalue weighted by Gasteiger charge is 2.12. The summed E-state index contributed by atoms with van der Waals surface area (Å²) < 4.78 is 0. The summed E-state index contributed by atoms with van der Waals surface area (Å²) in [6.45, 7) is 4.37. The molecule has 0 spiro atoms. The average molecular weight is 380 g/mol. The molecule has 2 aromatic rings. The van der Waals surface area contributed by atoms with Gasteiger partial charge in [-0.25, -0.2) is 0 Å². The van der Waals surface area contributed by atoms with Crippen LogP contribution in [0, 0.1) is 0 Å². The van der Waals surface area contributed by atoms with Crippen molar-refractivity contribution in [2.75, 3.05) is 13.7 Å². The van der Waals surface area contributed by atoms with Gasteiger partial charge < -0.3 is 9.68 Å². The van der Waals surface area contributed by atoms with Gasteiger partial charge in [-0.05, 0) is 76.1 Å². The molecular formula is C22H28N4O2.